The molecule has 68 valence electrons. The fourth-order valence-corrected chi connectivity index (χ4v) is 0.885. The minimum absolute atomic E-state index is 0. The van der Waals surface area contributed by atoms with Crippen molar-refractivity contribution < 1.29 is 9.23 Å². The van der Waals surface area contributed by atoms with Gasteiger partial charge in [0.1, 0.15) is 5.82 Å². The van der Waals surface area contributed by atoms with Crippen LogP contribution in [0.3, 0.4) is 0 Å². The van der Waals surface area contributed by atoms with E-state index in [1.165, 1.54) is 12.1 Å². The summed E-state index contributed by atoms with van der Waals surface area (Å²) >= 11 is 0. The minimum atomic E-state index is -0.261. The highest BCUT2D eigenvalue weighted by Crippen LogP contribution is 2.10. The van der Waals surface area contributed by atoms with Crippen molar-refractivity contribution >= 4 is 12.4 Å². The van der Waals surface area contributed by atoms with Crippen LogP contribution in [0.15, 0.2) is 18.2 Å². The van der Waals surface area contributed by atoms with Crippen LogP contribution in [0.2, 0.25) is 0 Å². The van der Waals surface area contributed by atoms with Crippen molar-refractivity contribution in [1.82, 2.24) is 0 Å². The first-order chi connectivity index (χ1) is 5.24. The smallest absolute Gasteiger partial charge is 0.123 e. The second-order valence-corrected chi connectivity index (χ2v) is 2.38. The first kappa shape index (κ1) is 11.4. The van der Waals surface area contributed by atoms with Gasteiger partial charge < -0.3 is 0 Å². The summed E-state index contributed by atoms with van der Waals surface area (Å²) in [5, 5.41) is 0. The van der Waals surface area contributed by atoms with Crippen molar-refractivity contribution in [2.45, 2.75) is 13.5 Å². The van der Waals surface area contributed by atoms with Crippen molar-refractivity contribution in [2.75, 3.05) is 0 Å². The van der Waals surface area contributed by atoms with Crippen LogP contribution in [-0.4, -0.2) is 0 Å². The molecule has 0 aliphatic rings. The van der Waals surface area contributed by atoms with E-state index in [1.807, 2.05) is 6.92 Å². The highest BCUT2D eigenvalue weighted by Gasteiger charge is 1.98. The van der Waals surface area contributed by atoms with Crippen LogP contribution >= 0.6 is 12.4 Å². The molecule has 0 atom stereocenters. The van der Waals surface area contributed by atoms with Crippen LogP contribution in [0.5, 0.6) is 0 Å². The number of aryl methyl sites for hydroxylation is 1. The zero-order chi connectivity index (χ0) is 8.27. The Kier molecular flexibility index (Phi) is 4.81. The van der Waals surface area contributed by atoms with E-state index in [1.54, 1.807) is 6.07 Å². The number of benzene rings is 1. The third kappa shape index (κ3) is 2.77. The normalized spacial score (nSPS) is 9.25. The number of nitrogens with two attached hydrogens (primary N) is 1. The molecule has 2 N–H and O–H groups in total. The predicted octanol–water partition coefficient (Wildman–Crippen LogP) is 1.95. The van der Waals surface area contributed by atoms with Crippen molar-refractivity contribution in [3.63, 3.8) is 0 Å². The molecule has 0 fully saturated rings. The Bertz CT molecular complexity index is 255. The summed E-state index contributed by atoms with van der Waals surface area (Å²) in [7, 11) is 0. The van der Waals surface area contributed by atoms with Crippen molar-refractivity contribution in [2.24, 2.45) is 5.90 Å². The molecule has 0 aliphatic heterocycles. The standard InChI is InChI=1S/C8H10FNO.ClH/c1-6-2-3-8(9)4-7(6)5-11-10;/h2-4H,5,10H2,1H3;1H. The van der Waals surface area contributed by atoms with Crippen LogP contribution in [0, 0.1) is 12.7 Å². The van der Waals surface area contributed by atoms with Crippen LogP contribution < -0.4 is 5.90 Å². The topological polar surface area (TPSA) is 35.2 Å². The van der Waals surface area contributed by atoms with Gasteiger partial charge in [0.2, 0.25) is 0 Å². The van der Waals surface area contributed by atoms with Gasteiger partial charge in [0.25, 0.3) is 0 Å². The van der Waals surface area contributed by atoms with E-state index in [4.69, 9.17) is 5.90 Å². The van der Waals surface area contributed by atoms with E-state index in [2.05, 4.69) is 4.84 Å². The molecule has 1 aromatic carbocycles. The molecule has 2 nitrogen and oxygen atoms in total. The molecule has 0 amide bonds. The van der Waals surface area contributed by atoms with Gasteiger partial charge in [-0.05, 0) is 30.2 Å². The van der Waals surface area contributed by atoms with Gasteiger partial charge in [-0.25, -0.2) is 10.3 Å². The van der Waals surface area contributed by atoms with Crippen molar-refractivity contribution in [1.29, 1.82) is 0 Å². The number of halogens is 2. The second-order valence-electron chi connectivity index (χ2n) is 2.38. The molecule has 0 spiro atoms. The van der Waals surface area contributed by atoms with E-state index < -0.39 is 0 Å². The number of rotatable bonds is 2. The average Bonchev–Trinajstić information content (AvgIpc) is 1.98. The molecule has 0 saturated carbocycles. The van der Waals surface area contributed by atoms with E-state index in [0.29, 0.717) is 0 Å². The van der Waals surface area contributed by atoms with E-state index in [-0.39, 0.29) is 24.8 Å². The summed E-state index contributed by atoms with van der Waals surface area (Å²) in [6.07, 6.45) is 0. The first-order valence-corrected chi connectivity index (χ1v) is 3.30. The largest absolute Gasteiger partial charge is 0.300 e. The maximum absolute atomic E-state index is 12.6. The lowest BCUT2D eigenvalue weighted by Gasteiger charge is -2.02. The summed E-state index contributed by atoms with van der Waals surface area (Å²) < 4.78 is 12.6. The van der Waals surface area contributed by atoms with Crippen LogP contribution in [0.4, 0.5) is 4.39 Å². The molecular formula is C8H11ClFNO. The fourth-order valence-electron chi connectivity index (χ4n) is 0.885. The maximum atomic E-state index is 12.6. The lowest BCUT2D eigenvalue weighted by molar-refractivity contribution is 0.123. The Hall–Kier alpha value is -0.640. The van der Waals surface area contributed by atoms with Gasteiger partial charge in [-0.1, -0.05) is 6.07 Å². The van der Waals surface area contributed by atoms with Crippen LogP contribution in [0.1, 0.15) is 11.1 Å². The predicted molar refractivity (Wildman–Crippen MR) is 47.4 cm³/mol. The summed E-state index contributed by atoms with van der Waals surface area (Å²) in [6.45, 7) is 2.14. The molecule has 0 radical (unpaired) electrons. The molecule has 0 saturated heterocycles. The molecule has 12 heavy (non-hydrogen) atoms. The van der Waals surface area contributed by atoms with Crippen LogP contribution in [0.25, 0.3) is 0 Å². The van der Waals surface area contributed by atoms with Gasteiger partial charge in [-0.15, -0.1) is 12.4 Å². The molecule has 0 bridgehead atoms. The lowest BCUT2D eigenvalue weighted by Crippen LogP contribution is -2.00. The first-order valence-electron chi connectivity index (χ1n) is 3.30. The third-order valence-corrected chi connectivity index (χ3v) is 1.55. The maximum Gasteiger partial charge on any atom is 0.123 e. The Morgan fingerprint density at radius 2 is 2.17 bits per heavy atom. The van der Waals surface area contributed by atoms with Gasteiger partial charge >= 0.3 is 0 Å². The van der Waals surface area contributed by atoms with Gasteiger partial charge in [0.05, 0.1) is 6.61 Å². The molecular weight excluding hydrogens is 181 g/mol. The summed E-state index contributed by atoms with van der Waals surface area (Å²) in [5.41, 5.74) is 1.77. The molecule has 1 aromatic rings. The summed E-state index contributed by atoms with van der Waals surface area (Å²) in [6, 6.07) is 4.53. The summed E-state index contributed by atoms with van der Waals surface area (Å²) in [5.74, 6) is 4.60. The Balaban J connectivity index is 0.00000121. The van der Waals surface area contributed by atoms with Gasteiger partial charge in [0, 0.05) is 0 Å². The molecule has 0 unspecified atom stereocenters. The highest BCUT2D eigenvalue weighted by atomic mass is 35.5. The Morgan fingerprint density at radius 3 is 2.75 bits per heavy atom. The van der Waals surface area contributed by atoms with Crippen LogP contribution in [-0.2, 0) is 11.4 Å². The second kappa shape index (κ2) is 5.09. The van der Waals surface area contributed by atoms with Gasteiger partial charge in [-0.3, -0.25) is 4.84 Å². The van der Waals surface area contributed by atoms with E-state index in [9.17, 15) is 4.39 Å². The zero-order valence-corrected chi connectivity index (χ0v) is 7.53. The van der Waals surface area contributed by atoms with E-state index in [0.717, 1.165) is 11.1 Å². The zero-order valence-electron chi connectivity index (χ0n) is 6.71. The SMILES string of the molecule is Cc1ccc(F)cc1CON.Cl. The molecule has 1 rings (SSSR count). The van der Waals surface area contributed by atoms with Crippen molar-refractivity contribution in [3.05, 3.63) is 35.1 Å². The quantitative estimate of drug-likeness (QED) is 0.726. The molecule has 0 heterocycles. The Morgan fingerprint density at radius 1 is 1.50 bits per heavy atom. The van der Waals surface area contributed by atoms with Gasteiger partial charge in [0.15, 0.2) is 0 Å². The lowest BCUT2D eigenvalue weighted by atomic mass is 10.1. The number of hydrogen-bond acceptors (Lipinski definition) is 2. The van der Waals surface area contributed by atoms with E-state index >= 15 is 0 Å². The van der Waals surface area contributed by atoms with Gasteiger partial charge in [-0.2, -0.15) is 0 Å². The minimum Gasteiger partial charge on any atom is -0.300 e. The Labute approximate surface area is 76.9 Å². The average molecular weight is 192 g/mol. The highest BCUT2D eigenvalue weighted by molar-refractivity contribution is 5.85. The molecule has 0 aromatic heterocycles. The third-order valence-electron chi connectivity index (χ3n) is 1.55. The van der Waals surface area contributed by atoms with Crippen molar-refractivity contribution in [3.8, 4) is 0 Å². The molecule has 4 heteroatoms. The fraction of sp³-hybridized carbons (Fsp3) is 0.250. The monoisotopic (exact) mass is 191 g/mol. The molecule has 0 aliphatic carbocycles. The summed E-state index contributed by atoms with van der Waals surface area (Å²) in [4.78, 5) is 4.40. The number of hydrogen-bond donors (Lipinski definition) is 1.